The maximum absolute atomic E-state index is 13.7. The van der Waals surface area contributed by atoms with Gasteiger partial charge in [0.1, 0.15) is 23.3 Å². The molecule has 0 spiro atoms. The summed E-state index contributed by atoms with van der Waals surface area (Å²) < 4.78 is 16.8. The van der Waals surface area contributed by atoms with E-state index in [9.17, 15) is 9.59 Å². The number of ketones is 1. The van der Waals surface area contributed by atoms with Crippen molar-refractivity contribution in [2.24, 2.45) is 0 Å². The fraction of sp³-hybridized carbons (Fsp3) is 0.185. The Hall–Kier alpha value is -4.46. The van der Waals surface area contributed by atoms with Crippen molar-refractivity contribution in [2.45, 2.75) is 31.3 Å². The first kappa shape index (κ1) is 21.1. The summed E-state index contributed by atoms with van der Waals surface area (Å²) in [5.74, 6) is 1.76. The van der Waals surface area contributed by atoms with Crippen LogP contribution in [-0.4, -0.2) is 11.8 Å². The molecule has 2 aliphatic rings. The maximum atomic E-state index is 13.7. The van der Waals surface area contributed by atoms with Gasteiger partial charge in [0.25, 0.3) is 0 Å². The standard InChI is InChI=1S/C27H23N3O5/c31-22-15-17(23-9-4-12-34-23)14-20-25(22)26(24-10-5-13-35-24)30(21-8-2-1-7-19(21)29-20)27(32)28-16-18-6-3-11-33-18/h1-13,17,26,29H,14-16H2,(H,28,32). The SMILES string of the molecule is O=C1CC(c2ccco2)CC2=C1C(c1ccco1)N(C(=O)NCc1ccco1)c1ccccc1N2. The number of nitrogens with zero attached hydrogens (tertiary/aromatic N) is 1. The van der Waals surface area contributed by atoms with Crippen LogP contribution >= 0.6 is 0 Å². The Balaban J connectivity index is 1.46. The lowest BCUT2D eigenvalue weighted by Gasteiger charge is -2.33. The Morgan fingerprint density at radius 1 is 0.914 bits per heavy atom. The molecule has 0 saturated heterocycles. The van der Waals surface area contributed by atoms with Crippen LogP contribution < -0.4 is 15.5 Å². The van der Waals surface area contributed by atoms with Crippen molar-refractivity contribution < 1.29 is 22.8 Å². The van der Waals surface area contributed by atoms with Crippen LogP contribution in [0.1, 0.15) is 42.1 Å². The van der Waals surface area contributed by atoms with Crippen LogP contribution in [0.25, 0.3) is 0 Å². The number of urea groups is 1. The predicted octanol–water partition coefficient (Wildman–Crippen LogP) is 5.75. The molecule has 176 valence electrons. The van der Waals surface area contributed by atoms with E-state index in [2.05, 4.69) is 10.6 Å². The van der Waals surface area contributed by atoms with Gasteiger partial charge in [-0.2, -0.15) is 0 Å². The summed E-state index contributed by atoms with van der Waals surface area (Å²) in [5.41, 5.74) is 2.66. The van der Waals surface area contributed by atoms with Gasteiger partial charge in [-0.1, -0.05) is 12.1 Å². The van der Waals surface area contributed by atoms with Crippen LogP contribution in [0, 0.1) is 0 Å². The van der Waals surface area contributed by atoms with Gasteiger partial charge in [-0.3, -0.25) is 9.69 Å². The highest BCUT2D eigenvalue weighted by Gasteiger charge is 2.43. The fourth-order valence-electron chi connectivity index (χ4n) is 4.92. The van der Waals surface area contributed by atoms with Crippen LogP contribution in [-0.2, 0) is 11.3 Å². The maximum Gasteiger partial charge on any atom is 0.323 e. The number of carbonyl (C=O) groups is 2. The average Bonchev–Trinajstić information content (AvgIpc) is 3.65. The van der Waals surface area contributed by atoms with Crippen molar-refractivity contribution in [3.8, 4) is 0 Å². The molecular formula is C27H23N3O5. The number of amides is 2. The minimum atomic E-state index is -0.738. The number of carbonyl (C=O) groups excluding carboxylic acids is 2. The molecule has 0 bridgehead atoms. The zero-order chi connectivity index (χ0) is 23.8. The zero-order valence-electron chi connectivity index (χ0n) is 18.8. The Labute approximate surface area is 201 Å². The van der Waals surface area contributed by atoms with Crippen LogP contribution in [0.4, 0.5) is 16.2 Å². The molecule has 2 N–H and O–H groups in total. The highest BCUT2D eigenvalue weighted by Crippen LogP contribution is 2.47. The molecule has 8 nitrogen and oxygen atoms in total. The van der Waals surface area contributed by atoms with Crippen molar-refractivity contribution >= 4 is 23.2 Å². The van der Waals surface area contributed by atoms with Crippen molar-refractivity contribution in [3.05, 3.63) is 108 Å². The van der Waals surface area contributed by atoms with Gasteiger partial charge < -0.3 is 23.9 Å². The van der Waals surface area contributed by atoms with Gasteiger partial charge in [0.2, 0.25) is 0 Å². The summed E-state index contributed by atoms with van der Waals surface area (Å²) in [5, 5.41) is 6.40. The number of allylic oxidation sites excluding steroid dienone is 1. The quantitative estimate of drug-likeness (QED) is 0.395. The summed E-state index contributed by atoms with van der Waals surface area (Å²) in [6.07, 6.45) is 5.59. The van der Waals surface area contributed by atoms with Gasteiger partial charge in [0.15, 0.2) is 5.78 Å². The Kier molecular flexibility index (Phi) is 5.25. The Morgan fingerprint density at radius 2 is 1.66 bits per heavy atom. The van der Waals surface area contributed by atoms with E-state index in [1.165, 1.54) is 0 Å². The minimum Gasteiger partial charge on any atom is -0.469 e. The van der Waals surface area contributed by atoms with E-state index in [1.807, 2.05) is 36.4 Å². The number of hydrogen-bond donors (Lipinski definition) is 2. The summed E-state index contributed by atoms with van der Waals surface area (Å²) in [6.45, 7) is 0.212. The van der Waals surface area contributed by atoms with Crippen molar-refractivity contribution in [3.63, 3.8) is 0 Å². The molecule has 2 unspecified atom stereocenters. The van der Waals surface area contributed by atoms with Crippen LogP contribution in [0.2, 0.25) is 0 Å². The topological polar surface area (TPSA) is 101 Å². The smallest absolute Gasteiger partial charge is 0.323 e. The molecular weight excluding hydrogens is 446 g/mol. The molecule has 0 radical (unpaired) electrons. The van der Waals surface area contributed by atoms with Gasteiger partial charge in [0.05, 0.1) is 36.7 Å². The molecule has 4 aromatic rings. The Bertz CT molecular complexity index is 1370. The van der Waals surface area contributed by atoms with E-state index in [-0.39, 0.29) is 30.7 Å². The van der Waals surface area contributed by atoms with Gasteiger partial charge in [0, 0.05) is 23.6 Å². The van der Waals surface area contributed by atoms with E-state index in [1.54, 1.807) is 48.0 Å². The predicted molar refractivity (Wildman–Crippen MR) is 128 cm³/mol. The number of rotatable bonds is 4. The van der Waals surface area contributed by atoms with E-state index >= 15 is 0 Å². The summed E-state index contributed by atoms with van der Waals surface area (Å²) in [6, 6.07) is 17.3. The highest BCUT2D eigenvalue weighted by molar-refractivity contribution is 6.05. The van der Waals surface area contributed by atoms with E-state index < -0.39 is 6.04 Å². The number of benzene rings is 1. The first-order valence-electron chi connectivity index (χ1n) is 11.5. The average molecular weight is 469 g/mol. The monoisotopic (exact) mass is 469 g/mol. The summed E-state index contributed by atoms with van der Waals surface area (Å²) in [7, 11) is 0. The Morgan fingerprint density at radius 3 is 2.40 bits per heavy atom. The second-order valence-corrected chi connectivity index (χ2v) is 8.60. The molecule has 35 heavy (non-hydrogen) atoms. The second-order valence-electron chi connectivity index (χ2n) is 8.60. The van der Waals surface area contributed by atoms with Crippen LogP contribution in [0.5, 0.6) is 0 Å². The molecule has 0 saturated carbocycles. The fourth-order valence-corrected chi connectivity index (χ4v) is 4.92. The van der Waals surface area contributed by atoms with E-state index in [4.69, 9.17) is 13.3 Å². The van der Waals surface area contributed by atoms with E-state index in [0.717, 1.165) is 17.1 Å². The lowest BCUT2D eigenvalue weighted by Crippen LogP contribution is -2.44. The molecule has 3 aromatic heterocycles. The first-order chi connectivity index (χ1) is 17.2. The highest BCUT2D eigenvalue weighted by atomic mass is 16.3. The van der Waals surface area contributed by atoms with Crippen LogP contribution in [0.15, 0.2) is 104 Å². The molecule has 1 aliphatic heterocycles. The number of anilines is 2. The van der Waals surface area contributed by atoms with Crippen molar-refractivity contribution in [1.29, 1.82) is 0 Å². The van der Waals surface area contributed by atoms with Gasteiger partial charge in [-0.25, -0.2) is 4.79 Å². The molecule has 0 fully saturated rings. The van der Waals surface area contributed by atoms with Gasteiger partial charge in [-0.05, 0) is 55.0 Å². The largest absolute Gasteiger partial charge is 0.469 e. The minimum absolute atomic E-state index is 0.0572. The molecule has 2 amide bonds. The molecule has 1 aliphatic carbocycles. The number of nitrogens with one attached hydrogen (secondary N) is 2. The third-order valence-corrected chi connectivity index (χ3v) is 6.46. The number of fused-ring (bicyclic) bond motifs is 1. The molecule has 6 rings (SSSR count). The third kappa shape index (κ3) is 3.82. The third-order valence-electron chi connectivity index (χ3n) is 6.46. The lowest BCUT2D eigenvalue weighted by atomic mass is 9.81. The van der Waals surface area contributed by atoms with Crippen LogP contribution in [0.3, 0.4) is 0 Å². The molecule has 8 heteroatoms. The molecule has 4 heterocycles. The number of Topliss-reactive ketones (excluding diaryl/α,β-unsaturated/α-hetero) is 1. The summed E-state index contributed by atoms with van der Waals surface area (Å²) >= 11 is 0. The zero-order valence-corrected chi connectivity index (χ0v) is 18.8. The van der Waals surface area contributed by atoms with Crippen molar-refractivity contribution in [2.75, 3.05) is 10.2 Å². The normalized spacial score (nSPS) is 19.5. The van der Waals surface area contributed by atoms with Gasteiger partial charge >= 0.3 is 6.03 Å². The number of para-hydroxylation sites is 2. The summed E-state index contributed by atoms with van der Waals surface area (Å²) in [4.78, 5) is 29.0. The number of furan rings is 3. The van der Waals surface area contributed by atoms with E-state index in [0.29, 0.717) is 29.2 Å². The van der Waals surface area contributed by atoms with Gasteiger partial charge in [-0.15, -0.1) is 0 Å². The van der Waals surface area contributed by atoms with Crippen molar-refractivity contribution in [1.82, 2.24) is 5.32 Å². The lowest BCUT2D eigenvalue weighted by molar-refractivity contribution is -0.116. The molecule has 1 aromatic carbocycles. The molecule has 2 atom stereocenters. The number of hydrogen-bond acceptors (Lipinski definition) is 6. The second kappa shape index (κ2) is 8.72. The first-order valence-corrected chi connectivity index (χ1v) is 11.5.